The van der Waals surface area contributed by atoms with Crippen molar-refractivity contribution in [1.29, 1.82) is 0 Å². The quantitative estimate of drug-likeness (QED) is 0.715. The predicted molar refractivity (Wildman–Crippen MR) is 57.2 cm³/mol. The van der Waals surface area contributed by atoms with E-state index in [9.17, 15) is 10.2 Å². The van der Waals surface area contributed by atoms with E-state index < -0.39 is 5.60 Å². The zero-order chi connectivity index (χ0) is 10.9. The van der Waals surface area contributed by atoms with Gasteiger partial charge in [0.05, 0.1) is 11.7 Å². The topological polar surface area (TPSA) is 43.7 Å². The molecule has 0 spiro atoms. The molecule has 2 N–H and O–H groups in total. The number of rotatable bonds is 3. The monoisotopic (exact) mass is 201 g/mol. The maximum atomic E-state index is 9.88. The third-order valence-electron chi connectivity index (χ3n) is 3.60. The van der Waals surface area contributed by atoms with Crippen molar-refractivity contribution in [3.05, 3.63) is 0 Å². The third-order valence-corrected chi connectivity index (χ3v) is 3.60. The fourth-order valence-corrected chi connectivity index (χ4v) is 2.18. The average Bonchev–Trinajstić information content (AvgIpc) is 2.47. The fourth-order valence-electron chi connectivity index (χ4n) is 2.18. The first-order valence-corrected chi connectivity index (χ1v) is 5.46. The van der Waals surface area contributed by atoms with Crippen LogP contribution in [0, 0.1) is 0 Å². The molecule has 14 heavy (non-hydrogen) atoms. The lowest BCUT2D eigenvalue weighted by atomic mass is 9.97. The number of hydrogen-bond donors (Lipinski definition) is 2. The summed E-state index contributed by atoms with van der Waals surface area (Å²) in [5.74, 6) is 0. The van der Waals surface area contributed by atoms with Gasteiger partial charge in [0.25, 0.3) is 0 Å². The van der Waals surface area contributed by atoms with Gasteiger partial charge in [0.15, 0.2) is 0 Å². The molecule has 84 valence electrons. The third kappa shape index (κ3) is 2.47. The number of hydrogen-bond acceptors (Lipinski definition) is 3. The van der Waals surface area contributed by atoms with E-state index in [1.165, 1.54) is 0 Å². The number of aliphatic hydroxyl groups excluding tert-OH is 1. The van der Waals surface area contributed by atoms with E-state index in [2.05, 4.69) is 4.90 Å². The van der Waals surface area contributed by atoms with Crippen LogP contribution in [-0.2, 0) is 0 Å². The lowest BCUT2D eigenvalue weighted by Gasteiger charge is -2.38. The maximum absolute atomic E-state index is 9.88. The van der Waals surface area contributed by atoms with Crippen LogP contribution in [-0.4, -0.2) is 45.9 Å². The lowest BCUT2D eigenvalue weighted by molar-refractivity contribution is -0.0350. The van der Waals surface area contributed by atoms with Crippen molar-refractivity contribution in [3.63, 3.8) is 0 Å². The highest BCUT2D eigenvalue weighted by atomic mass is 16.3. The molecule has 1 aliphatic carbocycles. The molecule has 1 fully saturated rings. The second-order valence-electron chi connectivity index (χ2n) is 5.06. The van der Waals surface area contributed by atoms with E-state index in [0.717, 1.165) is 19.3 Å². The van der Waals surface area contributed by atoms with E-state index >= 15 is 0 Å². The van der Waals surface area contributed by atoms with E-state index in [4.69, 9.17) is 0 Å². The van der Waals surface area contributed by atoms with Crippen LogP contribution in [0.4, 0.5) is 0 Å². The largest absolute Gasteiger partial charge is 0.391 e. The van der Waals surface area contributed by atoms with Crippen molar-refractivity contribution < 1.29 is 10.2 Å². The van der Waals surface area contributed by atoms with Crippen LogP contribution < -0.4 is 0 Å². The van der Waals surface area contributed by atoms with Gasteiger partial charge in [-0.3, -0.25) is 4.90 Å². The Hall–Kier alpha value is -0.120. The summed E-state index contributed by atoms with van der Waals surface area (Å²) in [6.45, 7) is 5.63. The van der Waals surface area contributed by atoms with Crippen molar-refractivity contribution >= 4 is 0 Å². The SMILES string of the molecule is CC(N(C)[C@@H]1CCC[C@H]1O)C(C)(C)O. The summed E-state index contributed by atoms with van der Waals surface area (Å²) < 4.78 is 0. The smallest absolute Gasteiger partial charge is 0.0743 e. The van der Waals surface area contributed by atoms with Crippen LogP contribution in [0.25, 0.3) is 0 Å². The summed E-state index contributed by atoms with van der Waals surface area (Å²) in [5, 5.41) is 19.6. The Bertz CT molecular complexity index is 186. The zero-order valence-corrected chi connectivity index (χ0v) is 9.70. The molecule has 0 saturated heterocycles. The van der Waals surface area contributed by atoms with Gasteiger partial charge in [-0.25, -0.2) is 0 Å². The Balaban J connectivity index is 2.60. The summed E-state index contributed by atoms with van der Waals surface area (Å²) in [4.78, 5) is 2.11. The predicted octanol–water partition coefficient (Wildman–Crippen LogP) is 0.991. The molecule has 0 bridgehead atoms. The molecular formula is C11H23NO2. The Morgan fingerprint density at radius 2 is 1.93 bits per heavy atom. The molecule has 1 aliphatic rings. The molecule has 0 amide bonds. The van der Waals surface area contributed by atoms with Crippen LogP contribution in [0.3, 0.4) is 0 Å². The Morgan fingerprint density at radius 1 is 1.36 bits per heavy atom. The van der Waals surface area contributed by atoms with Gasteiger partial charge in [-0.2, -0.15) is 0 Å². The highest BCUT2D eigenvalue weighted by Gasteiger charge is 2.35. The average molecular weight is 201 g/mol. The highest BCUT2D eigenvalue weighted by Crippen LogP contribution is 2.27. The van der Waals surface area contributed by atoms with Crippen molar-refractivity contribution in [3.8, 4) is 0 Å². The molecule has 3 heteroatoms. The minimum absolute atomic E-state index is 0.0697. The molecule has 0 radical (unpaired) electrons. The summed E-state index contributed by atoms with van der Waals surface area (Å²) in [7, 11) is 1.99. The summed E-state index contributed by atoms with van der Waals surface area (Å²) in [6.07, 6.45) is 2.81. The van der Waals surface area contributed by atoms with E-state index in [-0.39, 0.29) is 18.2 Å². The molecule has 0 aromatic rings. The van der Waals surface area contributed by atoms with Crippen LogP contribution in [0.15, 0.2) is 0 Å². The molecule has 0 aromatic heterocycles. The summed E-state index contributed by atoms with van der Waals surface area (Å²) in [6, 6.07) is 0.289. The lowest BCUT2D eigenvalue weighted by Crippen LogP contribution is -2.51. The normalized spacial score (nSPS) is 31.1. The standard InChI is InChI=1S/C11H23NO2/c1-8(11(2,3)14)12(4)9-6-5-7-10(9)13/h8-10,13-14H,5-7H2,1-4H3/t8?,9-,10-/m1/s1. The number of likely N-dealkylation sites (N-methyl/N-ethyl adjacent to an activating group) is 1. The van der Waals surface area contributed by atoms with E-state index in [1.54, 1.807) is 0 Å². The van der Waals surface area contributed by atoms with Gasteiger partial charge in [-0.1, -0.05) is 0 Å². The molecule has 1 saturated carbocycles. The fraction of sp³-hybridized carbons (Fsp3) is 1.00. The van der Waals surface area contributed by atoms with Crippen LogP contribution in [0.1, 0.15) is 40.0 Å². The highest BCUT2D eigenvalue weighted by molar-refractivity contribution is 4.90. The van der Waals surface area contributed by atoms with Gasteiger partial charge in [-0.15, -0.1) is 0 Å². The summed E-state index contributed by atoms with van der Waals surface area (Å²) in [5.41, 5.74) is -0.711. The minimum Gasteiger partial charge on any atom is -0.391 e. The first kappa shape index (κ1) is 12.0. The molecule has 1 unspecified atom stereocenters. The van der Waals surface area contributed by atoms with Crippen molar-refractivity contribution in [2.24, 2.45) is 0 Å². The van der Waals surface area contributed by atoms with Crippen molar-refractivity contribution in [1.82, 2.24) is 4.90 Å². The number of nitrogens with zero attached hydrogens (tertiary/aromatic N) is 1. The van der Waals surface area contributed by atoms with Crippen molar-refractivity contribution in [2.75, 3.05) is 7.05 Å². The van der Waals surface area contributed by atoms with Gasteiger partial charge in [0.1, 0.15) is 0 Å². The first-order valence-electron chi connectivity index (χ1n) is 5.46. The maximum Gasteiger partial charge on any atom is 0.0743 e. The molecule has 3 nitrogen and oxygen atoms in total. The molecule has 0 heterocycles. The Morgan fingerprint density at radius 3 is 2.29 bits per heavy atom. The zero-order valence-electron chi connectivity index (χ0n) is 9.70. The second kappa shape index (κ2) is 4.17. The molecule has 3 atom stereocenters. The van der Waals surface area contributed by atoms with Crippen LogP contribution >= 0.6 is 0 Å². The van der Waals surface area contributed by atoms with E-state index in [0.29, 0.717) is 0 Å². The van der Waals surface area contributed by atoms with Crippen LogP contribution in [0.2, 0.25) is 0 Å². The molecular weight excluding hydrogens is 178 g/mol. The molecule has 1 rings (SSSR count). The minimum atomic E-state index is -0.711. The van der Waals surface area contributed by atoms with Gasteiger partial charge in [-0.05, 0) is 47.1 Å². The summed E-state index contributed by atoms with van der Waals surface area (Å²) >= 11 is 0. The van der Waals surface area contributed by atoms with Gasteiger partial charge in [0, 0.05) is 12.1 Å². The van der Waals surface area contributed by atoms with E-state index in [1.807, 2.05) is 27.8 Å². The van der Waals surface area contributed by atoms with Gasteiger partial charge >= 0.3 is 0 Å². The van der Waals surface area contributed by atoms with Crippen molar-refractivity contribution in [2.45, 2.75) is 63.8 Å². The Kier molecular flexibility index (Phi) is 3.56. The van der Waals surface area contributed by atoms with Gasteiger partial charge < -0.3 is 10.2 Å². The Labute approximate surface area is 86.7 Å². The molecule has 0 aliphatic heterocycles. The number of aliphatic hydroxyl groups is 2. The molecule has 0 aromatic carbocycles. The second-order valence-corrected chi connectivity index (χ2v) is 5.06. The van der Waals surface area contributed by atoms with Crippen LogP contribution in [0.5, 0.6) is 0 Å². The van der Waals surface area contributed by atoms with Gasteiger partial charge in [0.2, 0.25) is 0 Å². The first-order chi connectivity index (χ1) is 6.34.